The van der Waals surface area contributed by atoms with Gasteiger partial charge in [-0.15, -0.1) is 0 Å². The zero-order valence-electron chi connectivity index (χ0n) is 12.9. The molecular weight excluding hydrogens is 310 g/mol. The number of rotatable bonds is 5. The van der Waals surface area contributed by atoms with E-state index in [-0.39, 0.29) is 5.69 Å². The number of hydrogen-bond donors (Lipinski definition) is 2. The van der Waals surface area contributed by atoms with Gasteiger partial charge in [-0.25, -0.2) is 4.79 Å². The van der Waals surface area contributed by atoms with Crippen molar-refractivity contribution in [3.63, 3.8) is 0 Å². The van der Waals surface area contributed by atoms with Crippen LogP contribution in [0.15, 0.2) is 48.8 Å². The number of pyridine rings is 1. The molecule has 0 aliphatic carbocycles. The quantitative estimate of drug-likeness (QED) is 0.553. The number of para-hydroxylation sites is 1. The third-order valence-electron chi connectivity index (χ3n) is 3.31. The van der Waals surface area contributed by atoms with Crippen molar-refractivity contribution in [2.75, 3.05) is 12.1 Å². The molecule has 0 fully saturated rings. The first-order chi connectivity index (χ1) is 11.6. The van der Waals surface area contributed by atoms with Gasteiger partial charge in [0.05, 0.1) is 5.69 Å². The third kappa shape index (κ3) is 3.35. The molecule has 0 atom stereocenters. The van der Waals surface area contributed by atoms with E-state index in [4.69, 9.17) is 4.74 Å². The van der Waals surface area contributed by atoms with Crippen LogP contribution in [-0.2, 0) is 14.3 Å². The molecule has 0 aliphatic heterocycles. The van der Waals surface area contributed by atoms with Crippen molar-refractivity contribution < 1.29 is 19.1 Å². The highest BCUT2D eigenvalue weighted by atomic mass is 16.7. The zero-order valence-corrected chi connectivity index (χ0v) is 12.9. The Morgan fingerprint density at radius 2 is 1.88 bits per heavy atom. The number of nitrogens with one attached hydrogen (secondary N) is 2. The zero-order chi connectivity index (χ0) is 16.9. The van der Waals surface area contributed by atoms with Gasteiger partial charge < -0.3 is 19.8 Å². The summed E-state index contributed by atoms with van der Waals surface area (Å²) in [4.78, 5) is 30.1. The standard InChI is InChI=1S/C17H15N3O4/c1-11(21)23-10-24-17(22)16-15(19-12-6-8-18-9-7-12)13-4-2-3-5-14(13)20-16/h2-9,20H,10H2,1H3,(H,18,19). The number of hydrogen-bond acceptors (Lipinski definition) is 6. The Balaban J connectivity index is 1.93. The summed E-state index contributed by atoms with van der Waals surface area (Å²) in [6, 6.07) is 11.1. The SMILES string of the molecule is CC(=O)OCOC(=O)c1[nH]c2ccccc2c1Nc1ccncc1. The van der Waals surface area contributed by atoms with Crippen LogP contribution in [0.25, 0.3) is 10.9 Å². The highest BCUT2D eigenvalue weighted by Gasteiger charge is 2.19. The van der Waals surface area contributed by atoms with Gasteiger partial charge in [0.2, 0.25) is 6.79 Å². The lowest BCUT2D eigenvalue weighted by molar-refractivity contribution is -0.149. The number of esters is 2. The Labute approximate surface area is 137 Å². The van der Waals surface area contributed by atoms with Crippen molar-refractivity contribution in [2.45, 2.75) is 6.92 Å². The maximum absolute atomic E-state index is 12.3. The molecular formula is C17H15N3O4. The molecule has 0 amide bonds. The number of aromatic amines is 1. The lowest BCUT2D eigenvalue weighted by atomic mass is 10.2. The van der Waals surface area contributed by atoms with Gasteiger partial charge in [-0.05, 0) is 18.2 Å². The molecule has 0 spiro atoms. The van der Waals surface area contributed by atoms with E-state index in [1.165, 1.54) is 6.92 Å². The summed E-state index contributed by atoms with van der Waals surface area (Å²) in [5, 5.41) is 4.04. The summed E-state index contributed by atoms with van der Waals surface area (Å²) in [7, 11) is 0. The fourth-order valence-electron chi connectivity index (χ4n) is 2.24. The monoisotopic (exact) mass is 325 g/mol. The lowest BCUT2D eigenvalue weighted by Gasteiger charge is -2.08. The smallest absolute Gasteiger partial charge is 0.359 e. The van der Waals surface area contributed by atoms with Gasteiger partial charge >= 0.3 is 11.9 Å². The Hall–Kier alpha value is -3.35. The molecule has 24 heavy (non-hydrogen) atoms. The van der Waals surface area contributed by atoms with Gasteiger partial charge in [0.25, 0.3) is 0 Å². The lowest BCUT2D eigenvalue weighted by Crippen LogP contribution is -2.12. The van der Waals surface area contributed by atoms with Crippen molar-refractivity contribution in [2.24, 2.45) is 0 Å². The number of carbonyl (C=O) groups excluding carboxylic acids is 2. The summed E-state index contributed by atoms with van der Waals surface area (Å²) < 4.78 is 9.62. The maximum atomic E-state index is 12.3. The molecule has 0 bridgehead atoms. The van der Waals surface area contributed by atoms with Gasteiger partial charge in [-0.1, -0.05) is 18.2 Å². The molecule has 3 aromatic rings. The first-order valence-electron chi connectivity index (χ1n) is 7.23. The van der Waals surface area contributed by atoms with Crippen molar-refractivity contribution in [3.8, 4) is 0 Å². The largest absolute Gasteiger partial charge is 0.428 e. The van der Waals surface area contributed by atoms with Crippen LogP contribution in [0.3, 0.4) is 0 Å². The predicted molar refractivity (Wildman–Crippen MR) is 87.9 cm³/mol. The molecule has 3 rings (SSSR count). The van der Waals surface area contributed by atoms with E-state index in [2.05, 4.69) is 20.0 Å². The van der Waals surface area contributed by atoms with Crippen LogP contribution < -0.4 is 5.32 Å². The molecule has 0 radical (unpaired) electrons. The van der Waals surface area contributed by atoms with Crippen LogP contribution in [0, 0.1) is 0 Å². The topological polar surface area (TPSA) is 93.3 Å². The summed E-state index contributed by atoms with van der Waals surface area (Å²) in [6.07, 6.45) is 3.30. The molecule has 2 heterocycles. The average molecular weight is 325 g/mol. The van der Waals surface area contributed by atoms with Crippen LogP contribution in [0.1, 0.15) is 17.4 Å². The van der Waals surface area contributed by atoms with Crippen molar-refractivity contribution in [3.05, 3.63) is 54.5 Å². The molecule has 2 aromatic heterocycles. The fraction of sp³-hybridized carbons (Fsp3) is 0.118. The van der Waals surface area contributed by atoms with E-state index < -0.39 is 18.7 Å². The summed E-state index contributed by atoms with van der Waals surface area (Å²) >= 11 is 0. The third-order valence-corrected chi connectivity index (χ3v) is 3.31. The van der Waals surface area contributed by atoms with Crippen LogP contribution in [0.4, 0.5) is 11.4 Å². The van der Waals surface area contributed by atoms with E-state index in [9.17, 15) is 9.59 Å². The van der Waals surface area contributed by atoms with E-state index in [0.29, 0.717) is 5.69 Å². The first-order valence-corrected chi connectivity index (χ1v) is 7.23. The molecule has 7 heteroatoms. The number of nitrogens with zero attached hydrogens (tertiary/aromatic N) is 1. The van der Waals surface area contributed by atoms with E-state index in [1.54, 1.807) is 24.5 Å². The van der Waals surface area contributed by atoms with Gasteiger partial charge in [-0.2, -0.15) is 0 Å². The first kappa shape index (κ1) is 15.5. The number of carbonyl (C=O) groups is 2. The number of anilines is 2. The fourth-order valence-corrected chi connectivity index (χ4v) is 2.24. The molecule has 0 unspecified atom stereocenters. The van der Waals surface area contributed by atoms with E-state index in [0.717, 1.165) is 16.6 Å². The van der Waals surface area contributed by atoms with Gasteiger partial charge in [0, 0.05) is 35.9 Å². The second-order valence-electron chi connectivity index (χ2n) is 4.97. The van der Waals surface area contributed by atoms with Gasteiger partial charge in [0.15, 0.2) is 0 Å². The number of aromatic nitrogens is 2. The minimum Gasteiger partial charge on any atom is -0.428 e. The summed E-state index contributed by atoms with van der Waals surface area (Å²) in [5.74, 6) is -1.14. The number of H-pyrrole nitrogens is 1. The van der Waals surface area contributed by atoms with Gasteiger partial charge in [0.1, 0.15) is 5.69 Å². The minimum atomic E-state index is -0.621. The predicted octanol–water partition coefficient (Wildman–Crippen LogP) is 2.98. The second-order valence-corrected chi connectivity index (χ2v) is 4.97. The Morgan fingerprint density at radius 1 is 1.12 bits per heavy atom. The molecule has 7 nitrogen and oxygen atoms in total. The minimum absolute atomic E-state index is 0.250. The number of fused-ring (bicyclic) bond motifs is 1. The van der Waals surface area contributed by atoms with E-state index in [1.807, 2.05) is 24.3 Å². The van der Waals surface area contributed by atoms with Crippen LogP contribution in [0.2, 0.25) is 0 Å². The van der Waals surface area contributed by atoms with E-state index >= 15 is 0 Å². The Kier molecular flexibility index (Phi) is 4.42. The van der Waals surface area contributed by atoms with Crippen molar-refractivity contribution >= 4 is 34.2 Å². The van der Waals surface area contributed by atoms with Crippen molar-refractivity contribution in [1.29, 1.82) is 0 Å². The van der Waals surface area contributed by atoms with Crippen LogP contribution in [-0.4, -0.2) is 28.7 Å². The molecule has 2 N–H and O–H groups in total. The molecule has 0 aliphatic rings. The van der Waals surface area contributed by atoms with Crippen LogP contribution >= 0.6 is 0 Å². The number of benzene rings is 1. The highest BCUT2D eigenvalue weighted by Crippen LogP contribution is 2.30. The summed E-state index contributed by atoms with van der Waals surface area (Å²) in [6.45, 7) is 0.811. The molecule has 1 aromatic carbocycles. The average Bonchev–Trinajstić information content (AvgIpc) is 2.94. The molecule has 0 saturated carbocycles. The van der Waals surface area contributed by atoms with Crippen molar-refractivity contribution in [1.82, 2.24) is 9.97 Å². The highest BCUT2D eigenvalue weighted by molar-refractivity contribution is 6.07. The second kappa shape index (κ2) is 6.82. The Morgan fingerprint density at radius 3 is 2.62 bits per heavy atom. The maximum Gasteiger partial charge on any atom is 0.359 e. The normalized spacial score (nSPS) is 10.4. The number of ether oxygens (including phenoxy) is 2. The molecule has 122 valence electrons. The van der Waals surface area contributed by atoms with Gasteiger partial charge in [-0.3, -0.25) is 9.78 Å². The Bertz CT molecular complexity index is 874. The molecule has 0 saturated heterocycles. The summed E-state index contributed by atoms with van der Waals surface area (Å²) in [5.41, 5.74) is 2.40. The van der Waals surface area contributed by atoms with Crippen LogP contribution in [0.5, 0.6) is 0 Å².